The Morgan fingerprint density at radius 1 is 1.21 bits per heavy atom. The fourth-order valence-corrected chi connectivity index (χ4v) is 4.13. The lowest BCUT2D eigenvalue weighted by Crippen LogP contribution is -2.38. The fraction of sp³-hybridized carbons (Fsp3) is 0.318. The summed E-state index contributed by atoms with van der Waals surface area (Å²) in [6, 6.07) is 12.2. The van der Waals surface area contributed by atoms with Crippen molar-refractivity contribution in [2.45, 2.75) is 26.8 Å². The number of nitrogens with one attached hydrogen (secondary N) is 1. The Morgan fingerprint density at radius 3 is 2.75 bits per heavy atom. The molecule has 146 valence electrons. The standard InChI is InChI=1S/C22H26N4O2/c1-4-24-22(27)26-11-10-14-12-15(6-9-18(14)26)21-20(23)17-8-7-16(28-3)13-19(17)25(21)5-2/h6-9,12-13H,4-5,10-11,23H2,1-3H3,(H,24,27). The summed E-state index contributed by atoms with van der Waals surface area (Å²) in [5.41, 5.74) is 12.7. The number of anilines is 2. The van der Waals surface area contributed by atoms with Crippen molar-refractivity contribution in [3.63, 3.8) is 0 Å². The average Bonchev–Trinajstić information content (AvgIpc) is 3.26. The highest BCUT2D eigenvalue weighted by atomic mass is 16.5. The van der Waals surface area contributed by atoms with Crippen LogP contribution in [0.1, 0.15) is 19.4 Å². The Hall–Kier alpha value is -3.15. The normalized spacial score (nSPS) is 13.0. The van der Waals surface area contributed by atoms with Gasteiger partial charge in [0.1, 0.15) is 5.75 Å². The summed E-state index contributed by atoms with van der Waals surface area (Å²) < 4.78 is 7.62. The fourth-order valence-electron chi connectivity index (χ4n) is 4.13. The first-order chi connectivity index (χ1) is 13.6. The number of carbonyl (C=O) groups is 1. The predicted octanol–water partition coefficient (Wildman–Crippen LogP) is 4.01. The number of aromatic nitrogens is 1. The van der Waals surface area contributed by atoms with Crippen molar-refractivity contribution in [2.24, 2.45) is 0 Å². The van der Waals surface area contributed by atoms with Gasteiger partial charge in [0.2, 0.25) is 0 Å². The van der Waals surface area contributed by atoms with E-state index in [1.54, 1.807) is 7.11 Å². The summed E-state index contributed by atoms with van der Waals surface area (Å²) in [4.78, 5) is 14.1. The SMILES string of the molecule is CCNC(=O)N1CCc2cc(-c3c(N)c4ccc(OC)cc4n3CC)ccc21. The number of aryl methyl sites for hydroxylation is 1. The molecular formula is C22H26N4O2. The van der Waals surface area contributed by atoms with Gasteiger partial charge >= 0.3 is 6.03 Å². The Balaban J connectivity index is 1.81. The number of urea groups is 1. The van der Waals surface area contributed by atoms with Gasteiger partial charge in [-0.15, -0.1) is 0 Å². The molecule has 1 aliphatic heterocycles. The van der Waals surface area contributed by atoms with Crippen LogP contribution >= 0.6 is 0 Å². The molecule has 28 heavy (non-hydrogen) atoms. The molecule has 3 aromatic rings. The molecule has 4 rings (SSSR count). The zero-order chi connectivity index (χ0) is 19.8. The van der Waals surface area contributed by atoms with Crippen LogP contribution in [0.4, 0.5) is 16.2 Å². The van der Waals surface area contributed by atoms with Crippen molar-refractivity contribution >= 4 is 28.3 Å². The Labute approximate surface area is 164 Å². The number of nitrogens with zero attached hydrogens (tertiary/aromatic N) is 2. The van der Waals surface area contributed by atoms with Gasteiger partial charge in [0.15, 0.2) is 0 Å². The second kappa shape index (κ2) is 7.11. The van der Waals surface area contributed by atoms with E-state index >= 15 is 0 Å². The zero-order valence-electron chi connectivity index (χ0n) is 16.6. The van der Waals surface area contributed by atoms with E-state index in [1.165, 1.54) is 5.56 Å². The lowest BCUT2D eigenvalue weighted by atomic mass is 10.0. The molecule has 0 aliphatic carbocycles. The molecule has 1 aromatic heterocycles. The minimum atomic E-state index is -0.0386. The molecule has 0 fully saturated rings. The Bertz CT molecular complexity index is 1050. The van der Waals surface area contributed by atoms with Crippen LogP contribution in [0, 0.1) is 0 Å². The van der Waals surface area contributed by atoms with Crippen molar-refractivity contribution in [3.8, 4) is 17.0 Å². The number of methoxy groups -OCH3 is 1. The van der Waals surface area contributed by atoms with Crippen molar-refractivity contribution in [1.29, 1.82) is 0 Å². The molecule has 2 heterocycles. The lowest BCUT2D eigenvalue weighted by Gasteiger charge is -2.18. The monoisotopic (exact) mass is 378 g/mol. The molecule has 3 N–H and O–H groups in total. The molecule has 0 bridgehead atoms. The predicted molar refractivity (Wildman–Crippen MR) is 114 cm³/mol. The summed E-state index contributed by atoms with van der Waals surface area (Å²) in [6.07, 6.45) is 0.848. The highest BCUT2D eigenvalue weighted by Crippen LogP contribution is 2.40. The molecule has 0 saturated heterocycles. The topological polar surface area (TPSA) is 72.5 Å². The third kappa shape index (κ3) is 2.76. The number of fused-ring (bicyclic) bond motifs is 2. The van der Waals surface area contributed by atoms with Gasteiger partial charge in [-0.3, -0.25) is 4.90 Å². The molecule has 0 radical (unpaired) electrons. The van der Waals surface area contributed by atoms with Gasteiger partial charge < -0.3 is 20.4 Å². The molecule has 2 aromatic carbocycles. The maximum Gasteiger partial charge on any atom is 0.321 e. The number of benzene rings is 2. The Morgan fingerprint density at radius 2 is 2.04 bits per heavy atom. The smallest absolute Gasteiger partial charge is 0.321 e. The van der Waals surface area contributed by atoms with Crippen LogP contribution < -0.4 is 20.7 Å². The van der Waals surface area contributed by atoms with Crippen LogP contribution in [0.25, 0.3) is 22.2 Å². The average molecular weight is 378 g/mol. The number of rotatable bonds is 4. The highest BCUT2D eigenvalue weighted by Gasteiger charge is 2.25. The molecule has 0 atom stereocenters. The van der Waals surface area contributed by atoms with E-state index in [-0.39, 0.29) is 6.03 Å². The van der Waals surface area contributed by atoms with Gasteiger partial charge in [-0.2, -0.15) is 0 Å². The molecule has 1 aliphatic rings. The van der Waals surface area contributed by atoms with Crippen LogP contribution in [-0.2, 0) is 13.0 Å². The summed E-state index contributed by atoms with van der Waals surface area (Å²) in [5.74, 6) is 0.817. The van der Waals surface area contributed by atoms with E-state index < -0.39 is 0 Å². The van der Waals surface area contributed by atoms with E-state index in [1.807, 2.05) is 36.1 Å². The van der Waals surface area contributed by atoms with E-state index in [9.17, 15) is 4.79 Å². The molecule has 2 amide bonds. The van der Waals surface area contributed by atoms with Crippen LogP contribution in [0.5, 0.6) is 5.75 Å². The number of nitrogens with two attached hydrogens (primary N) is 1. The van der Waals surface area contributed by atoms with E-state index in [0.29, 0.717) is 13.1 Å². The van der Waals surface area contributed by atoms with Gasteiger partial charge in [-0.25, -0.2) is 4.79 Å². The first kappa shape index (κ1) is 18.2. The molecule has 0 unspecified atom stereocenters. The van der Waals surface area contributed by atoms with Crippen LogP contribution in [-0.4, -0.2) is 30.8 Å². The van der Waals surface area contributed by atoms with E-state index in [2.05, 4.69) is 28.9 Å². The first-order valence-electron chi connectivity index (χ1n) is 9.73. The summed E-state index contributed by atoms with van der Waals surface area (Å²) in [6.45, 7) is 6.18. The molecular weight excluding hydrogens is 352 g/mol. The van der Waals surface area contributed by atoms with Crippen molar-refractivity contribution in [3.05, 3.63) is 42.0 Å². The zero-order valence-corrected chi connectivity index (χ0v) is 16.6. The van der Waals surface area contributed by atoms with E-state index in [0.717, 1.165) is 52.3 Å². The van der Waals surface area contributed by atoms with Crippen LogP contribution in [0.2, 0.25) is 0 Å². The summed E-state index contributed by atoms with van der Waals surface area (Å²) in [5, 5.41) is 3.91. The Kier molecular flexibility index (Phi) is 4.63. The largest absolute Gasteiger partial charge is 0.497 e. The third-order valence-electron chi connectivity index (χ3n) is 5.45. The minimum absolute atomic E-state index is 0.0386. The maximum atomic E-state index is 12.3. The summed E-state index contributed by atoms with van der Waals surface area (Å²) in [7, 11) is 1.67. The number of amides is 2. The van der Waals surface area contributed by atoms with Gasteiger partial charge in [0.05, 0.1) is 24.0 Å². The lowest BCUT2D eigenvalue weighted by molar-refractivity contribution is 0.247. The molecule has 0 saturated carbocycles. The second-order valence-corrected chi connectivity index (χ2v) is 6.97. The summed E-state index contributed by atoms with van der Waals surface area (Å²) >= 11 is 0. The van der Waals surface area contributed by atoms with Crippen molar-refractivity contribution in [2.75, 3.05) is 30.8 Å². The molecule has 0 spiro atoms. The van der Waals surface area contributed by atoms with Crippen LogP contribution in [0.3, 0.4) is 0 Å². The number of hydrogen-bond donors (Lipinski definition) is 2. The highest BCUT2D eigenvalue weighted by molar-refractivity contribution is 6.02. The van der Waals surface area contributed by atoms with Gasteiger partial charge in [0, 0.05) is 42.3 Å². The van der Waals surface area contributed by atoms with Gasteiger partial charge in [-0.05, 0) is 50.1 Å². The quantitative estimate of drug-likeness (QED) is 0.720. The van der Waals surface area contributed by atoms with E-state index in [4.69, 9.17) is 10.5 Å². The second-order valence-electron chi connectivity index (χ2n) is 6.97. The number of nitrogen functional groups attached to an aromatic ring is 1. The third-order valence-corrected chi connectivity index (χ3v) is 5.45. The van der Waals surface area contributed by atoms with Gasteiger partial charge in [0.25, 0.3) is 0 Å². The molecule has 6 heteroatoms. The molecule has 6 nitrogen and oxygen atoms in total. The maximum absolute atomic E-state index is 12.3. The van der Waals surface area contributed by atoms with Crippen LogP contribution in [0.15, 0.2) is 36.4 Å². The number of hydrogen-bond acceptors (Lipinski definition) is 3. The van der Waals surface area contributed by atoms with Crippen molar-refractivity contribution in [1.82, 2.24) is 9.88 Å². The van der Waals surface area contributed by atoms with Gasteiger partial charge in [-0.1, -0.05) is 6.07 Å². The first-order valence-corrected chi connectivity index (χ1v) is 9.73. The number of carbonyl (C=O) groups excluding carboxylic acids is 1. The van der Waals surface area contributed by atoms with Crippen molar-refractivity contribution < 1.29 is 9.53 Å². The number of ether oxygens (including phenoxy) is 1. The minimum Gasteiger partial charge on any atom is -0.497 e.